The predicted molar refractivity (Wildman–Crippen MR) is 114 cm³/mol. The molecule has 0 aromatic heterocycles. The molecule has 2 N–H and O–H groups in total. The van der Waals surface area contributed by atoms with Gasteiger partial charge in [-0.2, -0.15) is 0 Å². The van der Waals surface area contributed by atoms with E-state index in [1.165, 1.54) is 0 Å². The van der Waals surface area contributed by atoms with Gasteiger partial charge in [0.15, 0.2) is 6.10 Å². The third-order valence-corrected chi connectivity index (χ3v) is 4.39. The van der Waals surface area contributed by atoms with Crippen molar-refractivity contribution in [3.63, 3.8) is 0 Å². The topological polar surface area (TPSA) is 67.4 Å². The third-order valence-electron chi connectivity index (χ3n) is 4.39. The molecule has 3 aromatic carbocycles. The average molecular weight is 388 g/mol. The van der Waals surface area contributed by atoms with Crippen LogP contribution in [0, 0.1) is 6.92 Å². The van der Waals surface area contributed by atoms with E-state index in [1.54, 1.807) is 31.2 Å². The van der Waals surface area contributed by atoms with Crippen molar-refractivity contribution in [3.05, 3.63) is 95.6 Å². The van der Waals surface area contributed by atoms with E-state index in [1.807, 2.05) is 61.5 Å². The number of aryl methyl sites for hydroxylation is 1. The number of ether oxygens (including phenoxy) is 1. The van der Waals surface area contributed by atoms with E-state index in [0.29, 0.717) is 23.5 Å². The molecule has 5 heteroatoms. The fraction of sp³-hybridized carbons (Fsp3) is 0.167. The molecule has 0 fully saturated rings. The van der Waals surface area contributed by atoms with E-state index in [2.05, 4.69) is 10.6 Å². The van der Waals surface area contributed by atoms with Crippen molar-refractivity contribution in [1.82, 2.24) is 5.32 Å². The Balaban J connectivity index is 1.57. The second-order valence-corrected chi connectivity index (χ2v) is 6.81. The van der Waals surface area contributed by atoms with Crippen LogP contribution in [-0.2, 0) is 11.3 Å². The fourth-order valence-electron chi connectivity index (χ4n) is 2.74. The van der Waals surface area contributed by atoms with Crippen molar-refractivity contribution >= 4 is 17.5 Å². The van der Waals surface area contributed by atoms with Crippen molar-refractivity contribution in [1.29, 1.82) is 0 Å². The molecular formula is C24H24N2O3. The maximum Gasteiger partial charge on any atom is 0.265 e. The van der Waals surface area contributed by atoms with Gasteiger partial charge in [-0.05, 0) is 49.7 Å². The summed E-state index contributed by atoms with van der Waals surface area (Å²) < 4.78 is 5.68. The van der Waals surface area contributed by atoms with E-state index in [9.17, 15) is 9.59 Å². The molecule has 1 unspecified atom stereocenters. The molecule has 2 amide bonds. The lowest BCUT2D eigenvalue weighted by Crippen LogP contribution is -2.30. The molecule has 0 saturated carbocycles. The van der Waals surface area contributed by atoms with Crippen LogP contribution >= 0.6 is 0 Å². The average Bonchev–Trinajstić information content (AvgIpc) is 2.74. The van der Waals surface area contributed by atoms with Crippen LogP contribution in [0.2, 0.25) is 0 Å². The maximum absolute atomic E-state index is 12.4. The highest BCUT2D eigenvalue weighted by Gasteiger charge is 2.15. The van der Waals surface area contributed by atoms with Gasteiger partial charge in [0, 0.05) is 17.8 Å². The van der Waals surface area contributed by atoms with Crippen molar-refractivity contribution in [2.75, 3.05) is 5.32 Å². The van der Waals surface area contributed by atoms with Gasteiger partial charge < -0.3 is 15.4 Å². The zero-order valence-electron chi connectivity index (χ0n) is 16.5. The van der Waals surface area contributed by atoms with Gasteiger partial charge in [0.25, 0.3) is 11.8 Å². The molecule has 3 rings (SSSR count). The quantitative estimate of drug-likeness (QED) is 0.633. The highest BCUT2D eigenvalue weighted by molar-refractivity contribution is 5.98. The van der Waals surface area contributed by atoms with E-state index >= 15 is 0 Å². The Kier molecular flexibility index (Phi) is 6.63. The first-order valence-electron chi connectivity index (χ1n) is 9.47. The second-order valence-electron chi connectivity index (χ2n) is 6.81. The standard InChI is InChI=1S/C24H24N2O3/c1-17-11-13-22(14-12-17)29-18(2)23(27)26-21-10-6-9-20(15-21)24(28)25-16-19-7-4-3-5-8-19/h3-15,18H,16H2,1-2H3,(H,25,28)(H,26,27). The molecular weight excluding hydrogens is 364 g/mol. The van der Waals surface area contributed by atoms with Gasteiger partial charge >= 0.3 is 0 Å². The summed E-state index contributed by atoms with van der Waals surface area (Å²) in [5.41, 5.74) is 3.16. The molecule has 0 heterocycles. The highest BCUT2D eigenvalue weighted by Crippen LogP contribution is 2.15. The summed E-state index contributed by atoms with van der Waals surface area (Å²) >= 11 is 0. The van der Waals surface area contributed by atoms with E-state index in [4.69, 9.17) is 4.74 Å². The van der Waals surface area contributed by atoms with Crippen molar-refractivity contribution in [2.24, 2.45) is 0 Å². The first kappa shape index (κ1) is 20.1. The van der Waals surface area contributed by atoms with Crippen LogP contribution in [0.4, 0.5) is 5.69 Å². The molecule has 3 aromatic rings. The lowest BCUT2D eigenvalue weighted by Gasteiger charge is -2.15. The number of nitrogens with one attached hydrogen (secondary N) is 2. The minimum atomic E-state index is -0.673. The molecule has 0 spiro atoms. The number of carbonyl (C=O) groups is 2. The van der Waals surface area contributed by atoms with Gasteiger partial charge in [-0.3, -0.25) is 9.59 Å². The van der Waals surface area contributed by atoms with Crippen molar-refractivity contribution in [3.8, 4) is 5.75 Å². The minimum Gasteiger partial charge on any atom is -0.481 e. The summed E-state index contributed by atoms with van der Waals surface area (Å²) in [6.45, 7) is 4.12. The van der Waals surface area contributed by atoms with Crippen LogP contribution in [-0.4, -0.2) is 17.9 Å². The number of hydrogen-bond donors (Lipinski definition) is 2. The van der Waals surface area contributed by atoms with Gasteiger partial charge in [-0.15, -0.1) is 0 Å². The number of amides is 2. The summed E-state index contributed by atoms with van der Waals surface area (Å²) in [4.78, 5) is 24.8. The van der Waals surface area contributed by atoms with Crippen LogP contribution in [0.15, 0.2) is 78.9 Å². The molecule has 0 radical (unpaired) electrons. The first-order chi connectivity index (χ1) is 14.0. The van der Waals surface area contributed by atoms with Gasteiger partial charge in [-0.1, -0.05) is 54.1 Å². The highest BCUT2D eigenvalue weighted by atomic mass is 16.5. The smallest absolute Gasteiger partial charge is 0.265 e. The Morgan fingerprint density at radius 1 is 0.931 bits per heavy atom. The Labute approximate surface area is 170 Å². The molecule has 1 atom stereocenters. The zero-order chi connectivity index (χ0) is 20.6. The van der Waals surface area contributed by atoms with E-state index in [0.717, 1.165) is 11.1 Å². The van der Waals surface area contributed by atoms with Crippen molar-refractivity contribution < 1.29 is 14.3 Å². The van der Waals surface area contributed by atoms with Gasteiger partial charge in [0.2, 0.25) is 0 Å². The summed E-state index contributed by atoms with van der Waals surface area (Å²) in [6.07, 6.45) is -0.673. The molecule has 0 bridgehead atoms. The summed E-state index contributed by atoms with van der Waals surface area (Å²) in [5.74, 6) is 0.147. The molecule has 0 saturated heterocycles. The Bertz CT molecular complexity index is 969. The van der Waals surface area contributed by atoms with Gasteiger partial charge in [0.05, 0.1) is 0 Å². The second kappa shape index (κ2) is 9.55. The first-order valence-corrected chi connectivity index (χ1v) is 9.47. The summed E-state index contributed by atoms with van der Waals surface area (Å²) in [5, 5.41) is 5.68. The minimum absolute atomic E-state index is 0.200. The number of rotatable bonds is 7. The number of hydrogen-bond acceptors (Lipinski definition) is 3. The van der Waals surface area contributed by atoms with Crippen molar-refractivity contribution in [2.45, 2.75) is 26.5 Å². The predicted octanol–water partition coefficient (Wildman–Crippen LogP) is 4.33. The molecule has 5 nitrogen and oxygen atoms in total. The zero-order valence-corrected chi connectivity index (χ0v) is 16.5. The third kappa shape index (κ3) is 5.94. The number of carbonyl (C=O) groups excluding carboxylic acids is 2. The molecule has 0 aliphatic rings. The molecule has 148 valence electrons. The summed E-state index contributed by atoms with van der Waals surface area (Å²) in [6, 6.07) is 24.0. The van der Waals surface area contributed by atoms with Gasteiger partial charge in [-0.25, -0.2) is 0 Å². The van der Waals surface area contributed by atoms with Crippen LogP contribution in [0.5, 0.6) is 5.75 Å². The normalized spacial score (nSPS) is 11.4. The Hall–Kier alpha value is -3.60. The summed E-state index contributed by atoms with van der Waals surface area (Å²) in [7, 11) is 0. The van der Waals surface area contributed by atoms with Gasteiger partial charge in [0.1, 0.15) is 5.75 Å². The molecule has 0 aliphatic heterocycles. The van der Waals surface area contributed by atoms with Crippen LogP contribution in [0.25, 0.3) is 0 Å². The lowest BCUT2D eigenvalue weighted by molar-refractivity contribution is -0.122. The molecule has 0 aliphatic carbocycles. The maximum atomic E-state index is 12.4. The fourth-order valence-corrected chi connectivity index (χ4v) is 2.74. The SMILES string of the molecule is Cc1ccc(OC(C)C(=O)Nc2cccc(C(=O)NCc3ccccc3)c2)cc1. The number of anilines is 1. The van der Waals surface area contributed by atoms with Crippen LogP contribution in [0.1, 0.15) is 28.4 Å². The Morgan fingerprint density at radius 3 is 2.38 bits per heavy atom. The monoisotopic (exact) mass is 388 g/mol. The van der Waals surface area contributed by atoms with E-state index in [-0.39, 0.29) is 11.8 Å². The molecule has 29 heavy (non-hydrogen) atoms. The lowest BCUT2D eigenvalue weighted by atomic mass is 10.1. The largest absolute Gasteiger partial charge is 0.481 e. The Morgan fingerprint density at radius 2 is 1.66 bits per heavy atom. The van der Waals surface area contributed by atoms with E-state index < -0.39 is 6.10 Å². The number of benzene rings is 3. The van der Waals surface area contributed by atoms with Crippen LogP contribution < -0.4 is 15.4 Å². The van der Waals surface area contributed by atoms with Crippen LogP contribution in [0.3, 0.4) is 0 Å².